The molecule has 1 heterocycles. The first-order chi connectivity index (χ1) is 11.3. The molecular formula is C19H26N2O2. The van der Waals surface area contributed by atoms with Crippen molar-refractivity contribution < 1.29 is 9.53 Å². The molecule has 124 valence electrons. The molecule has 4 heteroatoms. The van der Waals surface area contributed by atoms with E-state index in [1.807, 2.05) is 11.0 Å². The van der Waals surface area contributed by atoms with Gasteiger partial charge >= 0.3 is 6.03 Å². The Morgan fingerprint density at radius 1 is 1.13 bits per heavy atom. The number of carbonyl (C=O) groups is 1. The van der Waals surface area contributed by atoms with E-state index in [0.717, 1.165) is 44.8 Å². The van der Waals surface area contributed by atoms with Crippen molar-refractivity contribution in [3.05, 3.63) is 35.9 Å². The molecule has 2 amide bonds. The van der Waals surface area contributed by atoms with Crippen LogP contribution in [0.1, 0.15) is 37.7 Å². The molecule has 4 nitrogen and oxygen atoms in total. The summed E-state index contributed by atoms with van der Waals surface area (Å²) >= 11 is 0. The Morgan fingerprint density at radius 2 is 1.91 bits per heavy atom. The molecule has 0 bridgehead atoms. The molecule has 1 aliphatic heterocycles. The van der Waals surface area contributed by atoms with Gasteiger partial charge in [-0.05, 0) is 50.0 Å². The fourth-order valence-corrected chi connectivity index (χ4v) is 3.40. The lowest BCUT2D eigenvalue weighted by Gasteiger charge is -2.28. The first-order valence-electron chi connectivity index (χ1n) is 9.02. The second-order valence-corrected chi connectivity index (χ2v) is 7.28. The number of ether oxygens (including phenoxy) is 1. The SMILES string of the molecule is O=C(NC1CC1)N1CC[C@@H](OCC2CC2)[C@@H]1Cc1ccccc1. The highest BCUT2D eigenvalue weighted by Crippen LogP contribution is 2.32. The van der Waals surface area contributed by atoms with Crippen LogP contribution < -0.4 is 5.32 Å². The van der Waals surface area contributed by atoms with Gasteiger partial charge in [0, 0.05) is 19.2 Å². The minimum absolute atomic E-state index is 0.103. The Balaban J connectivity index is 1.44. The van der Waals surface area contributed by atoms with Crippen LogP contribution in [0.3, 0.4) is 0 Å². The van der Waals surface area contributed by atoms with E-state index < -0.39 is 0 Å². The number of amides is 2. The molecule has 0 spiro atoms. The number of urea groups is 1. The molecule has 0 unspecified atom stereocenters. The fourth-order valence-electron chi connectivity index (χ4n) is 3.40. The van der Waals surface area contributed by atoms with Crippen LogP contribution in [0.25, 0.3) is 0 Å². The molecular weight excluding hydrogens is 288 g/mol. The molecule has 2 saturated carbocycles. The normalized spacial score (nSPS) is 27.2. The van der Waals surface area contributed by atoms with Crippen LogP contribution in [0.2, 0.25) is 0 Å². The lowest BCUT2D eigenvalue weighted by atomic mass is 10.0. The summed E-state index contributed by atoms with van der Waals surface area (Å²) in [7, 11) is 0. The summed E-state index contributed by atoms with van der Waals surface area (Å²) in [5.74, 6) is 0.765. The molecule has 2 atom stereocenters. The van der Waals surface area contributed by atoms with E-state index in [-0.39, 0.29) is 18.2 Å². The number of hydrogen-bond acceptors (Lipinski definition) is 2. The van der Waals surface area contributed by atoms with Crippen molar-refractivity contribution in [1.29, 1.82) is 0 Å². The third-order valence-corrected chi connectivity index (χ3v) is 5.18. The van der Waals surface area contributed by atoms with Gasteiger partial charge in [-0.15, -0.1) is 0 Å². The Morgan fingerprint density at radius 3 is 2.61 bits per heavy atom. The summed E-state index contributed by atoms with van der Waals surface area (Å²) in [5, 5.41) is 3.14. The molecule has 0 radical (unpaired) electrons. The number of rotatable bonds is 6. The maximum absolute atomic E-state index is 12.6. The Hall–Kier alpha value is -1.55. The number of carbonyl (C=O) groups excluding carboxylic acids is 1. The van der Waals surface area contributed by atoms with Crippen molar-refractivity contribution in [3.8, 4) is 0 Å². The van der Waals surface area contributed by atoms with Crippen LogP contribution >= 0.6 is 0 Å². The van der Waals surface area contributed by atoms with Crippen LogP contribution in [-0.4, -0.2) is 42.3 Å². The van der Waals surface area contributed by atoms with Gasteiger partial charge in [-0.2, -0.15) is 0 Å². The summed E-state index contributed by atoms with van der Waals surface area (Å²) in [5.41, 5.74) is 1.28. The zero-order valence-electron chi connectivity index (χ0n) is 13.6. The maximum atomic E-state index is 12.6. The molecule has 0 aromatic heterocycles. The van der Waals surface area contributed by atoms with E-state index in [9.17, 15) is 4.79 Å². The average Bonchev–Trinajstić information content (AvgIpc) is 3.48. The van der Waals surface area contributed by atoms with Gasteiger partial charge in [0.15, 0.2) is 0 Å². The summed E-state index contributed by atoms with van der Waals surface area (Å²) in [6, 6.07) is 11.1. The zero-order chi connectivity index (χ0) is 15.6. The van der Waals surface area contributed by atoms with E-state index in [2.05, 4.69) is 29.6 Å². The minimum atomic E-state index is 0.103. The highest BCUT2D eigenvalue weighted by Gasteiger charge is 2.39. The summed E-state index contributed by atoms with van der Waals surface area (Å²) in [6.07, 6.45) is 6.90. The van der Waals surface area contributed by atoms with E-state index in [0.29, 0.717) is 6.04 Å². The topological polar surface area (TPSA) is 41.6 Å². The lowest BCUT2D eigenvalue weighted by Crippen LogP contribution is -2.47. The summed E-state index contributed by atoms with van der Waals surface area (Å²) in [6.45, 7) is 1.68. The standard InChI is InChI=1S/C19H26N2O2/c22-19(20-16-8-9-16)21-11-10-18(23-13-15-6-7-15)17(21)12-14-4-2-1-3-5-14/h1-5,15-18H,6-13H2,(H,20,22)/t17-,18+/m0/s1. The first-order valence-corrected chi connectivity index (χ1v) is 9.02. The second kappa shape index (κ2) is 6.52. The predicted octanol–water partition coefficient (Wildman–Crippen LogP) is 2.97. The largest absolute Gasteiger partial charge is 0.376 e. The number of hydrogen-bond donors (Lipinski definition) is 1. The monoisotopic (exact) mass is 314 g/mol. The lowest BCUT2D eigenvalue weighted by molar-refractivity contribution is 0.0259. The molecule has 1 N–H and O–H groups in total. The summed E-state index contributed by atoms with van der Waals surface area (Å²) < 4.78 is 6.19. The molecule has 23 heavy (non-hydrogen) atoms. The molecule has 3 aliphatic rings. The molecule has 2 aliphatic carbocycles. The van der Waals surface area contributed by atoms with Crippen LogP contribution in [0.15, 0.2) is 30.3 Å². The van der Waals surface area contributed by atoms with Crippen molar-refractivity contribution in [1.82, 2.24) is 10.2 Å². The second-order valence-electron chi connectivity index (χ2n) is 7.28. The third-order valence-electron chi connectivity index (χ3n) is 5.18. The van der Waals surface area contributed by atoms with Gasteiger partial charge in [0.25, 0.3) is 0 Å². The number of nitrogens with zero attached hydrogens (tertiary/aromatic N) is 1. The van der Waals surface area contributed by atoms with E-state index in [4.69, 9.17) is 4.74 Å². The number of nitrogens with one attached hydrogen (secondary N) is 1. The van der Waals surface area contributed by atoms with Gasteiger partial charge in [-0.1, -0.05) is 30.3 Å². The molecule has 1 aromatic carbocycles. The van der Waals surface area contributed by atoms with Gasteiger partial charge in [-0.25, -0.2) is 4.79 Å². The highest BCUT2D eigenvalue weighted by atomic mass is 16.5. The third kappa shape index (κ3) is 3.86. The van der Waals surface area contributed by atoms with Crippen molar-refractivity contribution in [3.63, 3.8) is 0 Å². The van der Waals surface area contributed by atoms with Crippen LogP contribution in [0.4, 0.5) is 4.79 Å². The maximum Gasteiger partial charge on any atom is 0.317 e. The van der Waals surface area contributed by atoms with Crippen molar-refractivity contribution in [2.45, 2.75) is 56.7 Å². The smallest absolute Gasteiger partial charge is 0.317 e. The van der Waals surface area contributed by atoms with Crippen molar-refractivity contribution in [2.24, 2.45) is 5.92 Å². The predicted molar refractivity (Wildman–Crippen MR) is 89.3 cm³/mol. The Kier molecular flexibility index (Phi) is 4.25. The zero-order valence-corrected chi connectivity index (χ0v) is 13.6. The molecule has 1 aromatic rings. The van der Waals surface area contributed by atoms with Crippen molar-refractivity contribution in [2.75, 3.05) is 13.2 Å². The Labute approximate surface area is 138 Å². The van der Waals surface area contributed by atoms with E-state index in [1.165, 1.54) is 18.4 Å². The number of benzene rings is 1. The Bertz CT molecular complexity index is 540. The van der Waals surface area contributed by atoms with Gasteiger partial charge in [0.2, 0.25) is 0 Å². The van der Waals surface area contributed by atoms with Gasteiger partial charge in [0.1, 0.15) is 0 Å². The van der Waals surface area contributed by atoms with E-state index in [1.54, 1.807) is 0 Å². The summed E-state index contributed by atoms with van der Waals surface area (Å²) in [4.78, 5) is 14.6. The van der Waals surface area contributed by atoms with Gasteiger partial charge in [0.05, 0.1) is 12.1 Å². The quantitative estimate of drug-likeness (QED) is 0.877. The molecule has 3 fully saturated rings. The van der Waals surface area contributed by atoms with Gasteiger partial charge < -0.3 is 15.0 Å². The molecule has 1 saturated heterocycles. The first kappa shape index (κ1) is 15.0. The van der Waals surface area contributed by atoms with Crippen LogP contribution in [0.5, 0.6) is 0 Å². The minimum Gasteiger partial charge on any atom is -0.376 e. The van der Waals surface area contributed by atoms with E-state index >= 15 is 0 Å². The average molecular weight is 314 g/mol. The highest BCUT2D eigenvalue weighted by molar-refractivity contribution is 5.75. The van der Waals surface area contributed by atoms with Crippen LogP contribution in [-0.2, 0) is 11.2 Å². The van der Waals surface area contributed by atoms with Gasteiger partial charge in [-0.3, -0.25) is 0 Å². The molecule has 4 rings (SSSR count). The van der Waals surface area contributed by atoms with Crippen LogP contribution in [0, 0.1) is 5.92 Å². The fraction of sp³-hybridized carbons (Fsp3) is 0.632. The van der Waals surface area contributed by atoms with Crippen molar-refractivity contribution >= 4 is 6.03 Å². The number of likely N-dealkylation sites (tertiary alicyclic amines) is 1.